The molecule has 4 nitrogen and oxygen atoms in total. The van der Waals surface area contributed by atoms with Crippen LogP contribution >= 0.6 is 0 Å². The van der Waals surface area contributed by atoms with Gasteiger partial charge in [0.1, 0.15) is 5.76 Å². The molecule has 96 valence electrons. The highest BCUT2D eigenvalue weighted by Crippen LogP contribution is 2.19. The van der Waals surface area contributed by atoms with Crippen molar-refractivity contribution in [2.24, 2.45) is 0 Å². The number of aliphatic hydroxyl groups excluding tert-OH is 1. The average molecular weight is 247 g/mol. The minimum absolute atomic E-state index is 0.165. The van der Waals surface area contributed by atoms with Gasteiger partial charge >= 0.3 is 5.97 Å². The van der Waals surface area contributed by atoms with Crippen molar-refractivity contribution in [3.63, 3.8) is 0 Å². The van der Waals surface area contributed by atoms with Crippen LogP contribution in [-0.2, 0) is 22.4 Å². The maximum Gasteiger partial charge on any atom is 0.337 e. The van der Waals surface area contributed by atoms with E-state index in [2.05, 4.69) is 11.9 Å². The van der Waals surface area contributed by atoms with Crippen molar-refractivity contribution in [2.75, 3.05) is 6.61 Å². The zero-order valence-corrected chi connectivity index (χ0v) is 10.5. The smallest absolute Gasteiger partial charge is 0.337 e. The van der Waals surface area contributed by atoms with E-state index in [9.17, 15) is 9.90 Å². The monoisotopic (exact) mass is 247 g/mol. The Morgan fingerprint density at radius 3 is 3.00 bits per heavy atom. The predicted molar refractivity (Wildman–Crippen MR) is 67.2 cm³/mol. The summed E-state index contributed by atoms with van der Waals surface area (Å²) < 4.78 is 4.92. The first kappa shape index (κ1) is 12.6. The van der Waals surface area contributed by atoms with E-state index in [0.29, 0.717) is 24.8 Å². The molecule has 0 atom stereocenters. The van der Waals surface area contributed by atoms with Gasteiger partial charge in [-0.3, -0.25) is 4.98 Å². The van der Waals surface area contributed by atoms with E-state index in [1.165, 1.54) is 5.56 Å². The standard InChI is InChI=1S/C14H17NO3/c1-2-10-5-7-15-11(9-10)3-4-12-13(16)6-8-18-14(12)17/h5,7,9,16H,2-4,6,8H2,1H3. The molecule has 1 aliphatic rings. The molecule has 18 heavy (non-hydrogen) atoms. The van der Waals surface area contributed by atoms with Crippen LogP contribution in [0.15, 0.2) is 29.7 Å². The second-order valence-electron chi connectivity index (χ2n) is 4.32. The maximum absolute atomic E-state index is 11.5. The lowest BCUT2D eigenvalue weighted by atomic mass is 10.0. The van der Waals surface area contributed by atoms with Crippen LogP contribution in [0.2, 0.25) is 0 Å². The van der Waals surface area contributed by atoms with Crippen molar-refractivity contribution in [1.29, 1.82) is 0 Å². The van der Waals surface area contributed by atoms with Gasteiger partial charge in [-0.2, -0.15) is 0 Å². The Labute approximate surface area is 106 Å². The Balaban J connectivity index is 2.04. The second kappa shape index (κ2) is 5.67. The number of nitrogens with zero attached hydrogens (tertiary/aromatic N) is 1. The number of aromatic nitrogens is 1. The molecule has 4 heteroatoms. The second-order valence-corrected chi connectivity index (χ2v) is 4.32. The van der Waals surface area contributed by atoms with Crippen LogP contribution in [0.4, 0.5) is 0 Å². The van der Waals surface area contributed by atoms with E-state index in [-0.39, 0.29) is 12.4 Å². The number of ether oxygens (including phenoxy) is 1. The number of carbonyl (C=O) groups excluding carboxylic acids is 1. The molecule has 1 aromatic rings. The van der Waals surface area contributed by atoms with Gasteiger partial charge in [-0.05, 0) is 37.0 Å². The molecule has 0 unspecified atom stereocenters. The highest BCUT2D eigenvalue weighted by molar-refractivity contribution is 5.89. The number of pyridine rings is 1. The lowest BCUT2D eigenvalue weighted by Crippen LogP contribution is -2.18. The molecule has 1 N–H and O–H groups in total. The first-order valence-corrected chi connectivity index (χ1v) is 6.22. The molecule has 1 aliphatic heterocycles. The first-order chi connectivity index (χ1) is 8.70. The lowest BCUT2D eigenvalue weighted by molar-refractivity contribution is -0.140. The Morgan fingerprint density at radius 2 is 2.28 bits per heavy atom. The Morgan fingerprint density at radius 1 is 1.44 bits per heavy atom. The van der Waals surface area contributed by atoms with Gasteiger partial charge < -0.3 is 9.84 Å². The van der Waals surface area contributed by atoms with Crippen molar-refractivity contribution in [3.05, 3.63) is 40.9 Å². The van der Waals surface area contributed by atoms with Crippen molar-refractivity contribution < 1.29 is 14.6 Å². The molecular weight excluding hydrogens is 230 g/mol. The minimum Gasteiger partial charge on any atom is -0.512 e. The number of cyclic esters (lactones) is 1. The van der Waals surface area contributed by atoms with Gasteiger partial charge in [0, 0.05) is 18.3 Å². The maximum atomic E-state index is 11.5. The fourth-order valence-electron chi connectivity index (χ4n) is 1.98. The van der Waals surface area contributed by atoms with Gasteiger partial charge in [0.2, 0.25) is 0 Å². The number of carbonyl (C=O) groups is 1. The molecule has 0 saturated carbocycles. The fourth-order valence-corrected chi connectivity index (χ4v) is 1.98. The number of hydrogen-bond donors (Lipinski definition) is 1. The normalized spacial score (nSPS) is 15.7. The number of rotatable bonds is 4. The van der Waals surface area contributed by atoms with E-state index in [4.69, 9.17) is 4.74 Å². The summed E-state index contributed by atoms with van der Waals surface area (Å²) in [6.45, 7) is 2.36. The third-order valence-corrected chi connectivity index (χ3v) is 3.09. The SMILES string of the molecule is CCc1ccnc(CCC2=C(O)CCOC2=O)c1. The summed E-state index contributed by atoms with van der Waals surface area (Å²) in [5.41, 5.74) is 2.56. The molecule has 0 fully saturated rings. The number of esters is 1. The summed E-state index contributed by atoms with van der Waals surface area (Å²) in [5.74, 6) is -0.233. The summed E-state index contributed by atoms with van der Waals surface area (Å²) in [5, 5.41) is 9.68. The van der Waals surface area contributed by atoms with Gasteiger partial charge in [0.25, 0.3) is 0 Å². The molecule has 0 amide bonds. The largest absolute Gasteiger partial charge is 0.512 e. The molecule has 0 radical (unpaired) electrons. The highest BCUT2D eigenvalue weighted by Gasteiger charge is 2.21. The average Bonchev–Trinajstić information content (AvgIpc) is 2.38. The quantitative estimate of drug-likeness (QED) is 0.830. The van der Waals surface area contributed by atoms with Crippen LogP contribution in [0.1, 0.15) is 31.0 Å². The summed E-state index contributed by atoms with van der Waals surface area (Å²) >= 11 is 0. The number of aliphatic hydroxyl groups is 1. The summed E-state index contributed by atoms with van der Waals surface area (Å²) in [6.07, 6.45) is 4.28. The Bertz CT molecular complexity index is 480. The zero-order valence-electron chi connectivity index (χ0n) is 10.5. The van der Waals surface area contributed by atoms with E-state index in [0.717, 1.165) is 12.1 Å². The Kier molecular flexibility index (Phi) is 3.97. The minimum atomic E-state index is -0.398. The van der Waals surface area contributed by atoms with Gasteiger partial charge in [-0.15, -0.1) is 0 Å². The third-order valence-electron chi connectivity index (χ3n) is 3.09. The van der Waals surface area contributed by atoms with Gasteiger partial charge in [0.15, 0.2) is 0 Å². The van der Waals surface area contributed by atoms with Crippen LogP contribution in [0, 0.1) is 0 Å². The summed E-state index contributed by atoms with van der Waals surface area (Å²) in [7, 11) is 0. The van der Waals surface area contributed by atoms with Crippen LogP contribution in [0.5, 0.6) is 0 Å². The van der Waals surface area contributed by atoms with Crippen molar-refractivity contribution in [3.8, 4) is 0 Å². The van der Waals surface area contributed by atoms with Crippen LogP contribution in [-0.4, -0.2) is 22.7 Å². The number of hydrogen-bond acceptors (Lipinski definition) is 4. The van der Waals surface area contributed by atoms with E-state index in [1.54, 1.807) is 6.20 Å². The van der Waals surface area contributed by atoms with Crippen LogP contribution in [0.25, 0.3) is 0 Å². The van der Waals surface area contributed by atoms with E-state index in [1.807, 2.05) is 12.1 Å². The van der Waals surface area contributed by atoms with E-state index >= 15 is 0 Å². The molecule has 0 aliphatic carbocycles. The van der Waals surface area contributed by atoms with Gasteiger partial charge in [-0.1, -0.05) is 6.92 Å². The lowest BCUT2D eigenvalue weighted by Gasteiger charge is -2.15. The van der Waals surface area contributed by atoms with Crippen molar-refractivity contribution in [2.45, 2.75) is 32.6 Å². The third kappa shape index (κ3) is 2.88. The summed E-state index contributed by atoms with van der Waals surface area (Å²) in [6, 6.07) is 4.01. The number of aryl methyl sites for hydroxylation is 2. The van der Waals surface area contributed by atoms with Crippen LogP contribution in [0.3, 0.4) is 0 Å². The summed E-state index contributed by atoms with van der Waals surface area (Å²) in [4.78, 5) is 15.8. The molecule has 2 rings (SSSR count). The molecule has 0 bridgehead atoms. The molecular formula is C14H17NO3. The van der Waals surface area contributed by atoms with Crippen molar-refractivity contribution >= 4 is 5.97 Å². The van der Waals surface area contributed by atoms with Gasteiger partial charge in [-0.25, -0.2) is 4.79 Å². The molecule has 2 heterocycles. The first-order valence-electron chi connectivity index (χ1n) is 6.22. The molecule has 0 spiro atoms. The molecule has 0 saturated heterocycles. The zero-order chi connectivity index (χ0) is 13.0. The highest BCUT2D eigenvalue weighted by atomic mass is 16.5. The van der Waals surface area contributed by atoms with Crippen molar-refractivity contribution in [1.82, 2.24) is 4.98 Å². The van der Waals surface area contributed by atoms with Gasteiger partial charge in [0.05, 0.1) is 12.2 Å². The molecule has 1 aromatic heterocycles. The molecule has 0 aromatic carbocycles. The van der Waals surface area contributed by atoms with E-state index < -0.39 is 5.97 Å². The Hall–Kier alpha value is -1.84. The topological polar surface area (TPSA) is 59.4 Å². The van der Waals surface area contributed by atoms with Crippen LogP contribution < -0.4 is 0 Å². The predicted octanol–water partition coefficient (Wildman–Crippen LogP) is 2.34. The fraction of sp³-hybridized carbons (Fsp3) is 0.429.